The summed E-state index contributed by atoms with van der Waals surface area (Å²) in [6.45, 7) is 11.8. The lowest BCUT2D eigenvalue weighted by molar-refractivity contribution is -0.137. The van der Waals surface area contributed by atoms with Gasteiger partial charge in [0.15, 0.2) is 0 Å². The van der Waals surface area contributed by atoms with Crippen molar-refractivity contribution in [2.75, 3.05) is 13.6 Å². The molecule has 0 aromatic heterocycles. The first kappa shape index (κ1) is 28.1. The van der Waals surface area contributed by atoms with E-state index in [1.165, 1.54) is 17.5 Å². The maximum atomic E-state index is 12.8. The fourth-order valence-electron chi connectivity index (χ4n) is 4.63. The number of aryl methyl sites for hydroxylation is 2. The zero-order valence-electron chi connectivity index (χ0n) is 22.2. The average Bonchev–Trinajstić information content (AvgIpc) is 2.83. The third kappa shape index (κ3) is 6.13. The van der Waals surface area contributed by atoms with E-state index in [2.05, 4.69) is 43.9 Å². The van der Waals surface area contributed by atoms with Crippen LogP contribution >= 0.6 is 0 Å². The van der Waals surface area contributed by atoms with E-state index in [-0.39, 0.29) is 17.9 Å². The first-order valence-electron chi connectivity index (χ1n) is 12.4. The molecule has 35 heavy (non-hydrogen) atoms. The van der Waals surface area contributed by atoms with Crippen molar-refractivity contribution in [3.8, 4) is 11.8 Å². The Morgan fingerprint density at radius 2 is 1.43 bits per heavy atom. The molecule has 2 aromatic rings. The standard InChI is InChI=1S/C30H39NO4/c1-8-29(35,9-2)17-16-23-12-13-24(18-21(23)5)30(10-3,11-4)25-14-15-26(22(6)19-25)28(34)31(7)20-27(32)33/h12-15,18-19,35H,8-11,20H2,1-7H3,(H,32,33). The molecule has 0 aliphatic carbocycles. The summed E-state index contributed by atoms with van der Waals surface area (Å²) in [5.74, 6) is 4.89. The van der Waals surface area contributed by atoms with Gasteiger partial charge < -0.3 is 15.1 Å². The van der Waals surface area contributed by atoms with E-state index in [0.717, 1.165) is 35.1 Å². The normalized spacial score (nSPS) is 11.5. The number of carbonyl (C=O) groups is 2. The minimum atomic E-state index is -1.04. The number of hydrogen-bond acceptors (Lipinski definition) is 3. The smallest absolute Gasteiger partial charge is 0.323 e. The Morgan fingerprint density at radius 3 is 1.89 bits per heavy atom. The minimum absolute atomic E-state index is 0.233. The summed E-state index contributed by atoms with van der Waals surface area (Å²) in [5, 5.41) is 19.5. The number of carboxylic acids is 1. The molecule has 188 valence electrons. The van der Waals surface area contributed by atoms with Gasteiger partial charge >= 0.3 is 5.97 Å². The van der Waals surface area contributed by atoms with Crippen molar-refractivity contribution < 1.29 is 19.8 Å². The zero-order chi connectivity index (χ0) is 26.4. The summed E-state index contributed by atoms with van der Waals surface area (Å²) in [4.78, 5) is 25.0. The van der Waals surface area contributed by atoms with E-state index in [0.29, 0.717) is 18.4 Å². The molecule has 0 atom stereocenters. The van der Waals surface area contributed by atoms with Gasteiger partial charge in [0.25, 0.3) is 5.91 Å². The number of aliphatic carboxylic acids is 1. The van der Waals surface area contributed by atoms with Gasteiger partial charge in [-0.1, -0.05) is 63.8 Å². The summed E-state index contributed by atoms with van der Waals surface area (Å²) in [7, 11) is 1.50. The van der Waals surface area contributed by atoms with Gasteiger partial charge in [0, 0.05) is 23.6 Å². The molecule has 5 heteroatoms. The second kappa shape index (κ2) is 11.6. The molecule has 0 spiro atoms. The van der Waals surface area contributed by atoms with Crippen LogP contribution in [0.5, 0.6) is 0 Å². The molecule has 1 amide bonds. The Kier molecular flexibility index (Phi) is 9.29. The minimum Gasteiger partial charge on any atom is -0.480 e. The van der Waals surface area contributed by atoms with Crippen LogP contribution in [0.25, 0.3) is 0 Å². The molecule has 2 rings (SSSR count). The van der Waals surface area contributed by atoms with E-state index < -0.39 is 11.6 Å². The fraction of sp³-hybridized carbons (Fsp3) is 0.467. The molecule has 0 heterocycles. The van der Waals surface area contributed by atoms with Crippen molar-refractivity contribution in [3.63, 3.8) is 0 Å². The average molecular weight is 478 g/mol. The number of likely N-dealkylation sites (N-methyl/N-ethyl adjacent to an activating group) is 1. The van der Waals surface area contributed by atoms with Crippen LogP contribution in [0.4, 0.5) is 0 Å². The number of nitrogens with zero attached hydrogens (tertiary/aromatic N) is 1. The topological polar surface area (TPSA) is 77.8 Å². The van der Waals surface area contributed by atoms with Crippen molar-refractivity contribution in [2.24, 2.45) is 0 Å². The lowest BCUT2D eigenvalue weighted by Crippen LogP contribution is -2.32. The third-order valence-electron chi connectivity index (χ3n) is 7.31. The van der Waals surface area contributed by atoms with Crippen molar-refractivity contribution in [1.29, 1.82) is 0 Å². The van der Waals surface area contributed by atoms with Crippen LogP contribution in [0.2, 0.25) is 0 Å². The van der Waals surface area contributed by atoms with Gasteiger partial charge in [-0.05, 0) is 73.9 Å². The molecule has 0 bridgehead atoms. The van der Waals surface area contributed by atoms with Crippen LogP contribution in [-0.4, -0.2) is 46.2 Å². The summed E-state index contributed by atoms with van der Waals surface area (Å²) in [6.07, 6.45) is 2.94. The number of hydrogen-bond donors (Lipinski definition) is 2. The Morgan fingerprint density at radius 1 is 0.886 bits per heavy atom. The quantitative estimate of drug-likeness (QED) is 0.470. The number of benzene rings is 2. The molecular weight excluding hydrogens is 438 g/mol. The summed E-state index contributed by atoms with van der Waals surface area (Å²) >= 11 is 0. The monoisotopic (exact) mass is 477 g/mol. The number of carboxylic acid groups (broad SMARTS) is 1. The molecule has 0 aliphatic rings. The molecule has 0 unspecified atom stereocenters. The maximum Gasteiger partial charge on any atom is 0.323 e. The van der Waals surface area contributed by atoms with Gasteiger partial charge in [0.1, 0.15) is 12.1 Å². The fourth-order valence-corrected chi connectivity index (χ4v) is 4.63. The molecule has 2 N–H and O–H groups in total. The second-order valence-electron chi connectivity index (χ2n) is 9.39. The predicted octanol–water partition coefficient (Wildman–Crippen LogP) is 5.47. The van der Waals surface area contributed by atoms with E-state index in [4.69, 9.17) is 5.11 Å². The predicted molar refractivity (Wildman–Crippen MR) is 141 cm³/mol. The Hall–Kier alpha value is -3.10. The van der Waals surface area contributed by atoms with Crippen molar-refractivity contribution in [2.45, 2.75) is 78.2 Å². The van der Waals surface area contributed by atoms with Gasteiger partial charge in [-0.15, -0.1) is 0 Å². The third-order valence-corrected chi connectivity index (χ3v) is 7.31. The number of amides is 1. The van der Waals surface area contributed by atoms with Gasteiger partial charge in [-0.3, -0.25) is 9.59 Å². The van der Waals surface area contributed by atoms with E-state index in [9.17, 15) is 14.7 Å². The van der Waals surface area contributed by atoms with E-state index in [1.807, 2.05) is 45.9 Å². The van der Waals surface area contributed by atoms with Gasteiger partial charge in [0.2, 0.25) is 0 Å². The molecule has 0 saturated heterocycles. The SMILES string of the molecule is CCC(O)(C#Cc1ccc(C(CC)(CC)c2ccc(C(=O)N(C)CC(=O)O)c(C)c2)cc1C)CC. The number of carbonyl (C=O) groups excluding carboxylic acids is 1. The van der Waals surface area contributed by atoms with Crippen molar-refractivity contribution in [1.82, 2.24) is 4.90 Å². The lowest BCUT2D eigenvalue weighted by atomic mass is 9.69. The highest BCUT2D eigenvalue weighted by Crippen LogP contribution is 2.40. The highest BCUT2D eigenvalue weighted by atomic mass is 16.4. The van der Waals surface area contributed by atoms with Crippen molar-refractivity contribution in [3.05, 3.63) is 69.8 Å². The Balaban J connectivity index is 2.49. The lowest BCUT2D eigenvalue weighted by Gasteiger charge is -2.34. The van der Waals surface area contributed by atoms with Gasteiger partial charge in [-0.2, -0.15) is 0 Å². The van der Waals surface area contributed by atoms with Crippen LogP contribution in [0.15, 0.2) is 36.4 Å². The van der Waals surface area contributed by atoms with Crippen LogP contribution < -0.4 is 0 Å². The van der Waals surface area contributed by atoms with E-state index >= 15 is 0 Å². The maximum absolute atomic E-state index is 12.8. The van der Waals surface area contributed by atoms with Crippen LogP contribution in [-0.2, 0) is 10.2 Å². The molecule has 5 nitrogen and oxygen atoms in total. The largest absolute Gasteiger partial charge is 0.480 e. The highest BCUT2D eigenvalue weighted by Gasteiger charge is 2.32. The molecule has 0 saturated carbocycles. The van der Waals surface area contributed by atoms with Gasteiger partial charge in [-0.25, -0.2) is 0 Å². The summed E-state index contributed by atoms with van der Waals surface area (Å²) in [6, 6.07) is 12.2. The molecule has 0 fully saturated rings. The molecule has 2 aromatic carbocycles. The molecule has 0 aliphatic heterocycles. The molecule has 0 radical (unpaired) electrons. The first-order chi connectivity index (χ1) is 16.5. The Bertz CT molecular complexity index is 1130. The van der Waals surface area contributed by atoms with Crippen LogP contribution in [0.1, 0.15) is 91.6 Å². The summed E-state index contributed by atoms with van der Waals surface area (Å²) < 4.78 is 0. The molecular formula is C30H39NO4. The zero-order valence-corrected chi connectivity index (χ0v) is 22.2. The first-order valence-corrected chi connectivity index (χ1v) is 12.4. The number of aliphatic hydroxyl groups is 1. The van der Waals surface area contributed by atoms with E-state index in [1.54, 1.807) is 0 Å². The number of rotatable bonds is 9. The highest BCUT2D eigenvalue weighted by molar-refractivity contribution is 5.97. The Labute approximate surface area is 210 Å². The second-order valence-corrected chi connectivity index (χ2v) is 9.39. The van der Waals surface area contributed by atoms with Crippen LogP contribution in [0, 0.1) is 25.7 Å². The summed E-state index contributed by atoms with van der Waals surface area (Å²) in [5.41, 5.74) is 4.44. The van der Waals surface area contributed by atoms with Crippen LogP contribution in [0.3, 0.4) is 0 Å². The van der Waals surface area contributed by atoms with Gasteiger partial charge in [0.05, 0.1) is 0 Å². The van der Waals surface area contributed by atoms with Crippen molar-refractivity contribution >= 4 is 11.9 Å².